The molecule has 2 aromatic rings. The minimum absolute atomic E-state index is 0.0955. The van der Waals surface area contributed by atoms with Gasteiger partial charge in [-0.05, 0) is 73.8 Å². The van der Waals surface area contributed by atoms with Gasteiger partial charge in [0, 0.05) is 5.41 Å². The van der Waals surface area contributed by atoms with Crippen molar-refractivity contribution in [2.45, 2.75) is 62.6 Å². The fourth-order valence-electron chi connectivity index (χ4n) is 5.74. The van der Waals surface area contributed by atoms with E-state index in [0.29, 0.717) is 12.8 Å². The van der Waals surface area contributed by atoms with Gasteiger partial charge in [0.2, 0.25) is 0 Å². The molecule has 2 aliphatic carbocycles. The van der Waals surface area contributed by atoms with Gasteiger partial charge in [0.15, 0.2) is 11.5 Å². The molecule has 0 heterocycles. The SMILES string of the molecule is CC[C@@]12C[C@@](C)(O)[C@](O)(c3ccccc3)C[C@H]1CCc1cc(O)c(O)cc12. The molecule has 1 saturated carbocycles. The minimum atomic E-state index is -1.32. The topological polar surface area (TPSA) is 80.9 Å². The van der Waals surface area contributed by atoms with Gasteiger partial charge < -0.3 is 20.4 Å². The van der Waals surface area contributed by atoms with Crippen LogP contribution in [0, 0.1) is 5.92 Å². The molecule has 4 atom stereocenters. The first kappa shape index (κ1) is 18.3. The highest BCUT2D eigenvalue weighted by molar-refractivity contribution is 5.51. The number of aromatic hydroxyl groups is 2. The van der Waals surface area contributed by atoms with Gasteiger partial charge in [0.25, 0.3) is 0 Å². The molecule has 4 rings (SSSR count). The summed E-state index contributed by atoms with van der Waals surface area (Å²) in [6.07, 6.45) is 3.36. The van der Waals surface area contributed by atoms with Crippen LogP contribution in [0.4, 0.5) is 0 Å². The quantitative estimate of drug-likeness (QED) is 0.609. The smallest absolute Gasteiger partial charge is 0.157 e. The van der Waals surface area contributed by atoms with Crippen LogP contribution in [0.3, 0.4) is 0 Å². The Morgan fingerprint density at radius 1 is 1.04 bits per heavy atom. The van der Waals surface area contributed by atoms with Crippen LogP contribution in [-0.2, 0) is 17.4 Å². The van der Waals surface area contributed by atoms with Crippen molar-refractivity contribution in [3.05, 3.63) is 59.2 Å². The molecule has 0 aromatic heterocycles. The van der Waals surface area contributed by atoms with Crippen LogP contribution < -0.4 is 0 Å². The van der Waals surface area contributed by atoms with Gasteiger partial charge in [-0.2, -0.15) is 0 Å². The van der Waals surface area contributed by atoms with Gasteiger partial charge in [-0.3, -0.25) is 0 Å². The predicted molar refractivity (Wildman–Crippen MR) is 104 cm³/mol. The third-order valence-corrected chi connectivity index (χ3v) is 7.26. The van der Waals surface area contributed by atoms with Crippen molar-refractivity contribution in [2.24, 2.45) is 5.92 Å². The van der Waals surface area contributed by atoms with Crippen LogP contribution >= 0.6 is 0 Å². The number of aliphatic hydroxyl groups is 2. The molecule has 0 spiro atoms. The van der Waals surface area contributed by atoms with E-state index in [2.05, 4.69) is 6.92 Å². The van der Waals surface area contributed by atoms with Crippen LogP contribution in [0.2, 0.25) is 0 Å². The summed E-state index contributed by atoms with van der Waals surface area (Å²) in [5, 5.41) is 43.1. The molecule has 0 unspecified atom stereocenters. The van der Waals surface area contributed by atoms with E-state index in [4.69, 9.17) is 0 Å². The maximum atomic E-state index is 11.6. The summed E-state index contributed by atoms with van der Waals surface area (Å²) >= 11 is 0. The normalized spacial score (nSPS) is 35.3. The van der Waals surface area contributed by atoms with Crippen molar-refractivity contribution in [1.29, 1.82) is 0 Å². The number of benzene rings is 2. The van der Waals surface area contributed by atoms with E-state index in [1.807, 2.05) is 30.3 Å². The van der Waals surface area contributed by atoms with E-state index in [1.54, 1.807) is 19.1 Å². The Morgan fingerprint density at radius 2 is 1.70 bits per heavy atom. The van der Waals surface area contributed by atoms with Crippen LogP contribution in [0.5, 0.6) is 11.5 Å². The highest BCUT2D eigenvalue weighted by atomic mass is 16.4. The molecule has 0 radical (unpaired) electrons. The largest absolute Gasteiger partial charge is 0.504 e. The Labute approximate surface area is 160 Å². The van der Waals surface area contributed by atoms with E-state index < -0.39 is 11.2 Å². The molecule has 27 heavy (non-hydrogen) atoms. The molecule has 4 heteroatoms. The van der Waals surface area contributed by atoms with Crippen molar-refractivity contribution in [3.63, 3.8) is 0 Å². The van der Waals surface area contributed by atoms with Crippen LogP contribution in [-0.4, -0.2) is 26.0 Å². The molecule has 0 amide bonds. The van der Waals surface area contributed by atoms with Crippen LogP contribution in [0.25, 0.3) is 0 Å². The van der Waals surface area contributed by atoms with Gasteiger partial charge in [0.1, 0.15) is 5.60 Å². The summed E-state index contributed by atoms with van der Waals surface area (Å²) in [4.78, 5) is 0. The fraction of sp³-hybridized carbons (Fsp3) is 0.478. The highest BCUT2D eigenvalue weighted by Gasteiger charge is 2.60. The van der Waals surface area contributed by atoms with Gasteiger partial charge in [-0.1, -0.05) is 37.3 Å². The Bertz CT molecular complexity index is 860. The maximum Gasteiger partial charge on any atom is 0.157 e. The van der Waals surface area contributed by atoms with Crippen LogP contribution in [0.1, 0.15) is 56.2 Å². The Balaban J connectivity index is 1.85. The number of hydrogen-bond donors (Lipinski definition) is 4. The van der Waals surface area contributed by atoms with Gasteiger partial charge >= 0.3 is 0 Å². The van der Waals surface area contributed by atoms with E-state index in [9.17, 15) is 20.4 Å². The summed E-state index contributed by atoms with van der Waals surface area (Å²) in [7, 11) is 0. The lowest BCUT2D eigenvalue weighted by atomic mass is 9.49. The Morgan fingerprint density at radius 3 is 2.37 bits per heavy atom. The Kier molecular flexibility index (Phi) is 4.06. The molecule has 2 aliphatic rings. The number of aryl methyl sites for hydroxylation is 1. The third kappa shape index (κ3) is 2.50. The molecule has 0 saturated heterocycles. The number of phenols is 2. The van der Waals surface area contributed by atoms with Gasteiger partial charge in [-0.25, -0.2) is 0 Å². The number of phenolic OH excluding ortho intramolecular Hbond substituents is 2. The lowest BCUT2D eigenvalue weighted by Gasteiger charge is -2.59. The van der Waals surface area contributed by atoms with E-state index in [-0.39, 0.29) is 22.8 Å². The summed E-state index contributed by atoms with van der Waals surface area (Å²) in [6, 6.07) is 12.8. The zero-order valence-corrected chi connectivity index (χ0v) is 15.9. The molecule has 0 aliphatic heterocycles. The summed E-state index contributed by atoms with van der Waals surface area (Å²) in [5.74, 6) is -0.0306. The van der Waals surface area contributed by atoms with Crippen LogP contribution in [0.15, 0.2) is 42.5 Å². The number of rotatable bonds is 2. The van der Waals surface area contributed by atoms with Crippen molar-refractivity contribution < 1.29 is 20.4 Å². The summed E-state index contributed by atoms with van der Waals surface area (Å²) in [6.45, 7) is 3.83. The highest BCUT2D eigenvalue weighted by Crippen LogP contribution is 2.60. The standard InChI is InChI=1S/C23H28O4/c1-3-22-14-21(2,26)23(27,16-7-5-4-6-8-16)13-17(22)10-9-15-11-19(24)20(25)12-18(15)22/h4-8,11-12,17,24-27H,3,9-10,13-14H2,1-2H3/t17-,21-,22-,23-/m1/s1. The average Bonchev–Trinajstić information content (AvgIpc) is 2.65. The Hall–Kier alpha value is -2.04. The molecule has 1 fully saturated rings. The van der Waals surface area contributed by atoms with Crippen molar-refractivity contribution in [2.75, 3.05) is 0 Å². The van der Waals surface area contributed by atoms with Gasteiger partial charge in [-0.15, -0.1) is 0 Å². The minimum Gasteiger partial charge on any atom is -0.504 e. The second-order valence-corrected chi connectivity index (χ2v) is 8.62. The number of fused-ring (bicyclic) bond motifs is 3. The zero-order chi connectivity index (χ0) is 19.4. The number of hydrogen-bond acceptors (Lipinski definition) is 4. The fourth-order valence-corrected chi connectivity index (χ4v) is 5.74. The first-order chi connectivity index (χ1) is 12.7. The van der Waals surface area contributed by atoms with E-state index in [0.717, 1.165) is 36.0 Å². The first-order valence-corrected chi connectivity index (χ1v) is 9.79. The molecule has 144 valence electrons. The second kappa shape index (κ2) is 5.98. The van der Waals surface area contributed by atoms with E-state index >= 15 is 0 Å². The monoisotopic (exact) mass is 368 g/mol. The lowest BCUT2D eigenvalue weighted by Crippen LogP contribution is -2.62. The molecular weight excluding hydrogens is 340 g/mol. The van der Waals surface area contributed by atoms with Gasteiger partial charge in [0.05, 0.1) is 5.60 Å². The van der Waals surface area contributed by atoms with Crippen molar-refractivity contribution >= 4 is 0 Å². The molecule has 4 N–H and O–H groups in total. The summed E-state index contributed by atoms with van der Waals surface area (Å²) in [5.41, 5.74) is -0.171. The van der Waals surface area contributed by atoms with E-state index in [1.165, 1.54) is 0 Å². The average molecular weight is 368 g/mol. The molecule has 4 nitrogen and oxygen atoms in total. The predicted octanol–water partition coefficient (Wildman–Crippen LogP) is 3.74. The second-order valence-electron chi connectivity index (χ2n) is 8.62. The lowest BCUT2D eigenvalue weighted by molar-refractivity contribution is -0.205. The summed E-state index contributed by atoms with van der Waals surface area (Å²) < 4.78 is 0. The molecular formula is C23H28O4. The molecule has 2 aromatic carbocycles. The molecule has 0 bridgehead atoms. The maximum absolute atomic E-state index is 11.6. The van der Waals surface area contributed by atoms with Crippen molar-refractivity contribution in [3.8, 4) is 11.5 Å². The first-order valence-electron chi connectivity index (χ1n) is 9.79. The van der Waals surface area contributed by atoms with Crippen molar-refractivity contribution in [1.82, 2.24) is 0 Å². The zero-order valence-electron chi connectivity index (χ0n) is 15.9. The third-order valence-electron chi connectivity index (χ3n) is 7.26.